The number of aromatic nitrogens is 1. The molecule has 264 valence electrons. The van der Waals surface area contributed by atoms with Gasteiger partial charge in [0.15, 0.2) is 0 Å². The molecule has 5 rings (SSSR count). The first kappa shape index (κ1) is 35.7. The lowest BCUT2D eigenvalue weighted by molar-refractivity contribution is -0.142. The van der Waals surface area contributed by atoms with Crippen molar-refractivity contribution in [2.75, 3.05) is 25.1 Å². The van der Waals surface area contributed by atoms with E-state index in [1.165, 1.54) is 6.42 Å². The molecule has 3 N–H and O–H groups in total. The third-order valence-electron chi connectivity index (χ3n) is 10.6. The van der Waals surface area contributed by atoms with Crippen LogP contribution in [0, 0.1) is 30.6 Å². The number of aromatic amines is 1. The Hall–Kier alpha value is -3.63. The first-order valence-electron chi connectivity index (χ1n) is 17.9. The number of benzene rings is 1. The van der Waals surface area contributed by atoms with Crippen LogP contribution in [-0.4, -0.2) is 71.3 Å². The van der Waals surface area contributed by atoms with Gasteiger partial charge in [0.1, 0.15) is 24.0 Å². The minimum Gasteiger partial charge on any atom is -0.461 e. The zero-order chi connectivity index (χ0) is 34.6. The molecule has 3 amide bonds. The molecule has 0 spiro atoms. The molecule has 1 aliphatic heterocycles. The summed E-state index contributed by atoms with van der Waals surface area (Å²) < 4.78 is 24.6. The average Bonchev–Trinajstić information content (AvgIpc) is 3.65. The third kappa shape index (κ3) is 8.14. The Labute approximate surface area is 283 Å². The number of ether oxygens (including phenoxy) is 2. The van der Waals surface area contributed by atoms with Crippen molar-refractivity contribution in [1.29, 1.82) is 0 Å². The Bertz CT molecular complexity index is 1470. The largest absolute Gasteiger partial charge is 0.461 e. The van der Waals surface area contributed by atoms with Crippen LogP contribution in [0.1, 0.15) is 108 Å². The summed E-state index contributed by atoms with van der Waals surface area (Å²) in [6.45, 7) is 9.04. The number of nitrogens with zero attached hydrogens (tertiary/aromatic N) is 1. The number of alkyl carbamates (subject to hydrolysis) is 1. The molecule has 2 aliphatic carbocycles. The van der Waals surface area contributed by atoms with Gasteiger partial charge in [0.25, 0.3) is 0 Å². The topological polar surface area (TPSA) is 130 Å². The van der Waals surface area contributed by atoms with Crippen LogP contribution in [0.25, 0.3) is 10.9 Å². The molecule has 1 aromatic heterocycles. The zero-order valence-corrected chi connectivity index (χ0v) is 29.2. The number of carbonyl (C=O) groups excluding carboxylic acids is 4. The van der Waals surface area contributed by atoms with E-state index in [0.717, 1.165) is 48.6 Å². The van der Waals surface area contributed by atoms with Crippen molar-refractivity contribution in [3.8, 4) is 0 Å². The number of rotatable bonds is 9. The Kier molecular flexibility index (Phi) is 11.4. The number of hydrogen-bond donors (Lipinski definition) is 3. The SMILES string of the molecule is CCOC(=O)c1[nH]c2ccc(NC(=O)[C@H]3[C@H](C4CCCCC4)CCN3C(=O)C3CCC([C@@H](CF)NC(=O)OC(C)(C)C)CC3)cc2c1C. The molecule has 2 aromatic rings. The molecule has 11 heteroatoms. The van der Waals surface area contributed by atoms with Gasteiger partial charge in [0, 0.05) is 29.1 Å². The summed E-state index contributed by atoms with van der Waals surface area (Å²) in [6, 6.07) is 4.30. The van der Waals surface area contributed by atoms with Gasteiger partial charge in [-0.15, -0.1) is 0 Å². The molecule has 3 atom stereocenters. The second-order valence-electron chi connectivity index (χ2n) is 14.9. The Morgan fingerprint density at radius 3 is 2.38 bits per heavy atom. The summed E-state index contributed by atoms with van der Waals surface area (Å²) in [5.74, 6) is -0.441. The normalized spacial score (nSPS) is 24.2. The highest BCUT2D eigenvalue weighted by Crippen LogP contribution is 2.41. The number of nitrogens with one attached hydrogen (secondary N) is 3. The molecule has 3 aliphatic rings. The van der Waals surface area contributed by atoms with E-state index in [2.05, 4.69) is 15.6 Å². The van der Waals surface area contributed by atoms with E-state index >= 15 is 0 Å². The number of halogens is 1. The molecule has 1 saturated heterocycles. The number of alkyl halides is 1. The van der Waals surface area contributed by atoms with Crippen molar-refractivity contribution in [3.63, 3.8) is 0 Å². The van der Waals surface area contributed by atoms with Gasteiger partial charge >= 0.3 is 12.1 Å². The monoisotopic (exact) mass is 668 g/mol. The Morgan fingerprint density at radius 1 is 1.02 bits per heavy atom. The number of carbonyl (C=O) groups is 4. The van der Waals surface area contributed by atoms with Crippen molar-refractivity contribution in [2.45, 2.75) is 117 Å². The lowest BCUT2D eigenvalue weighted by atomic mass is 9.76. The van der Waals surface area contributed by atoms with Gasteiger partial charge in [-0.3, -0.25) is 9.59 Å². The molecule has 48 heavy (non-hydrogen) atoms. The van der Waals surface area contributed by atoms with Crippen LogP contribution in [0.3, 0.4) is 0 Å². The fourth-order valence-electron chi connectivity index (χ4n) is 8.23. The minimum absolute atomic E-state index is 0.000168. The summed E-state index contributed by atoms with van der Waals surface area (Å²) >= 11 is 0. The minimum atomic E-state index is -0.696. The number of aryl methyl sites for hydroxylation is 1. The van der Waals surface area contributed by atoms with E-state index < -0.39 is 36.4 Å². The van der Waals surface area contributed by atoms with E-state index in [9.17, 15) is 23.6 Å². The van der Waals surface area contributed by atoms with Gasteiger partial charge in [0.05, 0.1) is 12.6 Å². The smallest absolute Gasteiger partial charge is 0.407 e. The maximum atomic E-state index is 14.2. The first-order valence-corrected chi connectivity index (χ1v) is 17.9. The first-order chi connectivity index (χ1) is 22.9. The Morgan fingerprint density at radius 2 is 1.73 bits per heavy atom. The van der Waals surface area contributed by atoms with Gasteiger partial charge in [-0.25, -0.2) is 14.0 Å². The quantitative estimate of drug-likeness (QED) is 0.246. The number of anilines is 1. The highest BCUT2D eigenvalue weighted by molar-refractivity contribution is 6.02. The van der Waals surface area contributed by atoms with Crippen molar-refractivity contribution < 1.29 is 33.0 Å². The number of esters is 1. The van der Waals surface area contributed by atoms with Crippen LogP contribution < -0.4 is 10.6 Å². The standard InChI is InChI=1S/C37H53FN4O6/c1-6-47-35(45)31-22(2)28-20-26(16-17-29(28)40-31)39-33(43)32-27(23-10-8-7-9-11-23)18-19-42(32)34(44)25-14-12-24(13-15-25)30(21-38)41-36(46)48-37(3,4)5/h16-17,20,23-25,27,30,32,40H,6-15,18-19,21H2,1-5H3,(H,39,43)(H,41,46)/t24?,25?,27-,30+,32+/m0/s1. The number of hydrogen-bond acceptors (Lipinski definition) is 6. The summed E-state index contributed by atoms with van der Waals surface area (Å²) in [5.41, 5.74) is 1.86. The fourth-order valence-corrected chi connectivity index (χ4v) is 8.23. The van der Waals surface area contributed by atoms with Crippen LogP contribution >= 0.6 is 0 Å². The summed E-state index contributed by atoms with van der Waals surface area (Å²) in [4.78, 5) is 58.1. The maximum absolute atomic E-state index is 14.2. The van der Waals surface area contributed by atoms with E-state index in [0.29, 0.717) is 49.5 Å². The molecule has 1 aromatic carbocycles. The van der Waals surface area contributed by atoms with Crippen molar-refractivity contribution in [1.82, 2.24) is 15.2 Å². The predicted molar refractivity (Wildman–Crippen MR) is 182 cm³/mol. The van der Waals surface area contributed by atoms with Crippen molar-refractivity contribution >= 4 is 40.5 Å². The third-order valence-corrected chi connectivity index (χ3v) is 10.6. The maximum Gasteiger partial charge on any atom is 0.407 e. The van der Waals surface area contributed by atoms with Gasteiger partial charge in [-0.2, -0.15) is 0 Å². The molecule has 2 saturated carbocycles. The van der Waals surface area contributed by atoms with Crippen LogP contribution in [0.4, 0.5) is 14.9 Å². The van der Waals surface area contributed by atoms with Crippen LogP contribution in [0.5, 0.6) is 0 Å². The van der Waals surface area contributed by atoms with Crippen LogP contribution in [-0.2, 0) is 19.1 Å². The van der Waals surface area contributed by atoms with Crippen LogP contribution in [0.15, 0.2) is 18.2 Å². The lowest BCUT2D eigenvalue weighted by Crippen LogP contribution is -2.50. The molecule has 3 fully saturated rings. The zero-order valence-electron chi connectivity index (χ0n) is 29.2. The molecular weight excluding hydrogens is 615 g/mol. The highest BCUT2D eigenvalue weighted by Gasteiger charge is 2.47. The molecule has 0 bridgehead atoms. The van der Waals surface area contributed by atoms with Gasteiger partial charge in [-0.1, -0.05) is 32.1 Å². The van der Waals surface area contributed by atoms with Crippen molar-refractivity contribution in [2.24, 2.45) is 23.7 Å². The van der Waals surface area contributed by atoms with E-state index in [-0.39, 0.29) is 36.2 Å². The predicted octanol–water partition coefficient (Wildman–Crippen LogP) is 7.06. The number of H-pyrrole nitrogens is 1. The van der Waals surface area contributed by atoms with E-state index in [1.807, 2.05) is 30.0 Å². The highest BCUT2D eigenvalue weighted by atomic mass is 19.1. The number of amides is 3. The summed E-state index contributed by atoms with van der Waals surface area (Å²) in [6.07, 6.45) is 8.20. The second-order valence-corrected chi connectivity index (χ2v) is 14.9. The lowest BCUT2D eigenvalue weighted by Gasteiger charge is -2.37. The average molecular weight is 669 g/mol. The number of likely N-dealkylation sites (tertiary alicyclic amines) is 1. The van der Waals surface area contributed by atoms with Gasteiger partial charge in [0.2, 0.25) is 11.8 Å². The molecule has 0 unspecified atom stereocenters. The van der Waals surface area contributed by atoms with E-state index in [4.69, 9.17) is 9.47 Å². The summed E-state index contributed by atoms with van der Waals surface area (Å²) in [5, 5.41) is 6.65. The van der Waals surface area contributed by atoms with Crippen molar-refractivity contribution in [3.05, 3.63) is 29.5 Å². The Balaban J connectivity index is 1.29. The van der Waals surface area contributed by atoms with Gasteiger partial charge in [-0.05, 0) is 108 Å². The number of fused-ring (bicyclic) bond motifs is 1. The molecular formula is C37H53FN4O6. The van der Waals surface area contributed by atoms with E-state index in [1.54, 1.807) is 27.7 Å². The van der Waals surface area contributed by atoms with Crippen LogP contribution in [0.2, 0.25) is 0 Å². The molecule has 2 heterocycles. The second kappa shape index (κ2) is 15.3. The van der Waals surface area contributed by atoms with Gasteiger partial charge < -0.3 is 30.0 Å². The molecule has 0 radical (unpaired) electrons. The molecule has 10 nitrogen and oxygen atoms in total. The summed E-state index contributed by atoms with van der Waals surface area (Å²) in [7, 11) is 0. The fraction of sp³-hybridized carbons (Fsp3) is 0.676.